The van der Waals surface area contributed by atoms with Gasteiger partial charge in [0, 0.05) is 11.1 Å². The van der Waals surface area contributed by atoms with Crippen molar-refractivity contribution in [1.82, 2.24) is 10.7 Å². The highest BCUT2D eigenvalue weighted by Gasteiger charge is 2.51. The summed E-state index contributed by atoms with van der Waals surface area (Å²) in [6, 6.07) is 15.6. The molecule has 2 aromatic carbocycles. The molecule has 2 aliphatic rings. The molecule has 0 bridgehead atoms. The number of hydrazone groups is 1. The first-order valence-electron chi connectivity index (χ1n) is 7.40. The van der Waals surface area contributed by atoms with E-state index in [9.17, 15) is 9.59 Å². The number of primary amides is 1. The molecule has 0 radical (unpaired) electrons. The van der Waals surface area contributed by atoms with E-state index in [0.717, 1.165) is 34.0 Å². The van der Waals surface area contributed by atoms with Crippen LogP contribution < -0.4 is 16.5 Å². The largest absolute Gasteiger partial charge is 0.369 e. The highest BCUT2D eigenvalue weighted by molar-refractivity contribution is 8.14. The van der Waals surface area contributed by atoms with E-state index in [-0.39, 0.29) is 11.7 Å². The Morgan fingerprint density at radius 3 is 2.21 bits per heavy atom. The second kappa shape index (κ2) is 5.38. The summed E-state index contributed by atoms with van der Waals surface area (Å²) in [5.74, 6) is -0.628. The molecule has 2 aromatic rings. The SMILES string of the molecule is NC(=O)CSC1=NNC2(C(=O)N1)c1ccccc1-c1ccccc12. The molecule has 0 unspecified atom stereocenters. The first-order chi connectivity index (χ1) is 11.6. The van der Waals surface area contributed by atoms with Crippen molar-refractivity contribution < 1.29 is 9.59 Å². The van der Waals surface area contributed by atoms with E-state index >= 15 is 0 Å². The smallest absolute Gasteiger partial charge is 0.262 e. The summed E-state index contributed by atoms with van der Waals surface area (Å²) in [7, 11) is 0. The first kappa shape index (κ1) is 14.8. The van der Waals surface area contributed by atoms with Crippen LogP contribution in [0.1, 0.15) is 11.1 Å². The van der Waals surface area contributed by atoms with E-state index in [0.29, 0.717) is 5.17 Å². The zero-order valence-corrected chi connectivity index (χ0v) is 13.4. The monoisotopic (exact) mass is 338 g/mol. The van der Waals surface area contributed by atoms with Crippen molar-refractivity contribution in [1.29, 1.82) is 0 Å². The van der Waals surface area contributed by atoms with Crippen LogP contribution in [0.4, 0.5) is 0 Å². The van der Waals surface area contributed by atoms with Gasteiger partial charge in [0.25, 0.3) is 5.91 Å². The predicted octanol–water partition coefficient (Wildman–Crippen LogP) is 1.12. The number of nitrogens with zero attached hydrogens (tertiary/aromatic N) is 1. The minimum absolute atomic E-state index is 0.0565. The molecule has 6 nitrogen and oxygen atoms in total. The molecule has 0 saturated carbocycles. The van der Waals surface area contributed by atoms with Gasteiger partial charge in [0.15, 0.2) is 10.7 Å². The number of benzene rings is 2. The van der Waals surface area contributed by atoms with Crippen molar-refractivity contribution in [3.05, 3.63) is 59.7 Å². The number of amidine groups is 1. The van der Waals surface area contributed by atoms with Crippen LogP contribution in [0.3, 0.4) is 0 Å². The van der Waals surface area contributed by atoms with Crippen LogP contribution in [0.25, 0.3) is 11.1 Å². The summed E-state index contributed by atoms with van der Waals surface area (Å²) >= 11 is 1.09. The summed E-state index contributed by atoms with van der Waals surface area (Å²) in [5.41, 5.74) is 10.9. The molecule has 4 rings (SSSR count). The quantitative estimate of drug-likeness (QED) is 0.764. The van der Waals surface area contributed by atoms with E-state index in [1.807, 2.05) is 48.5 Å². The Hall–Kier alpha value is -2.80. The van der Waals surface area contributed by atoms with Crippen molar-refractivity contribution in [2.24, 2.45) is 10.8 Å². The third-order valence-electron chi connectivity index (χ3n) is 4.19. The summed E-state index contributed by atoms with van der Waals surface area (Å²) < 4.78 is 0. The maximum absolute atomic E-state index is 13.0. The molecule has 1 aliphatic heterocycles. The van der Waals surface area contributed by atoms with Crippen LogP contribution in [-0.2, 0) is 15.1 Å². The Morgan fingerprint density at radius 1 is 1.08 bits per heavy atom. The van der Waals surface area contributed by atoms with Crippen molar-refractivity contribution in [3.8, 4) is 11.1 Å². The number of amides is 2. The first-order valence-corrected chi connectivity index (χ1v) is 8.38. The zero-order valence-electron chi connectivity index (χ0n) is 12.6. The Kier molecular flexibility index (Phi) is 3.31. The predicted molar refractivity (Wildman–Crippen MR) is 93.0 cm³/mol. The van der Waals surface area contributed by atoms with Gasteiger partial charge in [0.1, 0.15) is 0 Å². The number of carbonyl (C=O) groups is 2. The maximum atomic E-state index is 13.0. The molecule has 0 aromatic heterocycles. The van der Waals surface area contributed by atoms with Crippen LogP contribution in [0.5, 0.6) is 0 Å². The van der Waals surface area contributed by atoms with Gasteiger partial charge in [-0.25, -0.2) is 0 Å². The van der Waals surface area contributed by atoms with Gasteiger partial charge in [-0.3, -0.25) is 15.0 Å². The minimum Gasteiger partial charge on any atom is -0.369 e. The van der Waals surface area contributed by atoms with Gasteiger partial charge in [-0.2, -0.15) is 5.10 Å². The Labute approximate surface area is 142 Å². The number of rotatable bonds is 2. The van der Waals surface area contributed by atoms with Gasteiger partial charge in [0.05, 0.1) is 5.75 Å². The van der Waals surface area contributed by atoms with Crippen LogP contribution in [-0.4, -0.2) is 22.7 Å². The number of hydrogen-bond donors (Lipinski definition) is 3. The van der Waals surface area contributed by atoms with E-state index in [2.05, 4.69) is 15.8 Å². The normalized spacial score (nSPS) is 16.7. The average Bonchev–Trinajstić information content (AvgIpc) is 2.88. The van der Waals surface area contributed by atoms with Gasteiger partial charge >= 0.3 is 0 Å². The molecule has 0 saturated heterocycles. The van der Waals surface area contributed by atoms with Crippen LogP contribution >= 0.6 is 11.8 Å². The van der Waals surface area contributed by atoms with Crippen LogP contribution in [0.2, 0.25) is 0 Å². The molecule has 24 heavy (non-hydrogen) atoms. The number of hydrogen-bond acceptors (Lipinski definition) is 5. The third-order valence-corrected chi connectivity index (χ3v) is 5.09. The fourth-order valence-corrected chi connectivity index (χ4v) is 3.77. The summed E-state index contributed by atoms with van der Waals surface area (Å²) in [4.78, 5) is 23.9. The van der Waals surface area contributed by atoms with Gasteiger partial charge in [-0.05, 0) is 11.1 Å². The minimum atomic E-state index is -1.05. The van der Waals surface area contributed by atoms with Crippen LogP contribution in [0, 0.1) is 0 Å². The van der Waals surface area contributed by atoms with Gasteiger partial charge in [0.2, 0.25) is 5.91 Å². The van der Waals surface area contributed by atoms with E-state index in [4.69, 9.17) is 5.73 Å². The Morgan fingerprint density at radius 2 is 1.67 bits per heavy atom. The zero-order chi connectivity index (χ0) is 16.7. The number of nitrogens with one attached hydrogen (secondary N) is 2. The molecule has 7 heteroatoms. The number of carbonyl (C=O) groups excluding carboxylic acids is 2. The summed E-state index contributed by atoms with van der Waals surface area (Å²) in [6.45, 7) is 0. The van der Waals surface area contributed by atoms with Crippen molar-refractivity contribution in [2.45, 2.75) is 5.54 Å². The molecule has 0 fully saturated rings. The van der Waals surface area contributed by atoms with Gasteiger partial charge in [-0.1, -0.05) is 60.3 Å². The second-order valence-electron chi connectivity index (χ2n) is 5.58. The maximum Gasteiger partial charge on any atom is 0.262 e. The fraction of sp³-hybridized carbons (Fsp3) is 0.118. The molecule has 120 valence electrons. The molecule has 1 spiro atoms. The number of thioether (sulfide) groups is 1. The van der Waals surface area contributed by atoms with Gasteiger partial charge < -0.3 is 11.1 Å². The molecule has 0 atom stereocenters. The number of fused-ring (bicyclic) bond motifs is 5. The summed E-state index contributed by atoms with van der Waals surface area (Å²) in [6.07, 6.45) is 0. The fourth-order valence-electron chi connectivity index (χ4n) is 3.21. The lowest BCUT2D eigenvalue weighted by Crippen LogP contribution is -2.57. The topological polar surface area (TPSA) is 96.6 Å². The highest BCUT2D eigenvalue weighted by atomic mass is 32.2. The molecule has 1 heterocycles. The standard InChI is InChI=1S/C17H14N4O2S/c18-14(22)9-24-16-19-15(23)17(21-20-16)12-7-3-1-5-10(12)11-6-2-4-8-13(11)17/h1-8,21H,9H2,(H2,18,22)(H,19,20,23). The number of nitrogens with two attached hydrogens (primary N) is 1. The van der Waals surface area contributed by atoms with Crippen molar-refractivity contribution >= 4 is 28.7 Å². The summed E-state index contributed by atoms with van der Waals surface area (Å²) in [5, 5.41) is 7.40. The average molecular weight is 338 g/mol. The highest BCUT2D eigenvalue weighted by Crippen LogP contribution is 2.48. The Bertz CT molecular complexity index is 848. The molecular weight excluding hydrogens is 324 g/mol. The molecule has 2 amide bonds. The van der Waals surface area contributed by atoms with E-state index in [1.54, 1.807) is 0 Å². The second-order valence-corrected chi connectivity index (χ2v) is 6.54. The van der Waals surface area contributed by atoms with E-state index in [1.165, 1.54) is 0 Å². The van der Waals surface area contributed by atoms with E-state index < -0.39 is 11.4 Å². The van der Waals surface area contributed by atoms with Crippen molar-refractivity contribution in [2.75, 3.05) is 5.75 Å². The Balaban J connectivity index is 1.81. The lowest BCUT2D eigenvalue weighted by molar-refractivity contribution is -0.125. The van der Waals surface area contributed by atoms with Crippen molar-refractivity contribution in [3.63, 3.8) is 0 Å². The third kappa shape index (κ3) is 2.01. The molecular formula is C17H14N4O2S. The van der Waals surface area contributed by atoms with Crippen LogP contribution in [0.15, 0.2) is 53.6 Å². The molecule has 1 aliphatic carbocycles. The lowest BCUT2D eigenvalue weighted by Gasteiger charge is -2.33. The molecule has 4 N–H and O–H groups in total. The lowest BCUT2D eigenvalue weighted by atomic mass is 9.87. The van der Waals surface area contributed by atoms with Gasteiger partial charge in [-0.15, -0.1) is 0 Å².